The molecule has 1 atom stereocenters. The van der Waals surface area contributed by atoms with E-state index < -0.39 is 0 Å². The molecule has 4 heteroatoms. The highest BCUT2D eigenvalue weighted by Gasteiger charge is 2.10. The van der Waals surface area contributed by atoms with Crippen molar-refractivity contribution in [3.8, 4) is 11.3 Å². The van der Waals surface area contributed by atoms with Crippen LogP contribution >= 0.6 is 11.6 Å². The Morgan fingerprint density at radius 1 is 1.26 bits per heavy atom. The number of H-pyrrole nitrogens is 1. The summed E-state index contributed by atoms with van der Waals surface area (Å²) in [6.45, 7) is 4.36. The SMILES string of the molecule is CC(C)C[C@@H](N)Cc1ncc(-c2ccc(Cl)cc2)[nH]1. The Kier molecular flexibility index (Phi) is 4.61. The number of aromatic nitrogens is 2. The van der Waals surface area contributed by atoms with Gasteiger partial charge in [-0.2, -0.15) is 0 Å². The number of nitrogens with two attached hydrogens (primary N) is 1. The molecular weight excluding hydrogens is 258 g/mol. The Hall–Kier alpha value is -1.32. The second kappa shape index (κ2) is 6.22. The van der Waals surface area contributed by atoms with Gasteiger partial charge in [0, 0.05) is 17.5 Å². The Labute approximate surface area is 119 Å². The second-order valence-corrected chi connectivity index (χ2v) is 5.78. The lowest BCUT2D eigenvalue weighted by atomic mass is 10.0. The number of benzene rings is 1. The highest BCUT2D eigenvalue weighted by Crippen LogP contribution is 2.20. The van der Waals surface area contributed by atoms with Crippen LogP contribution in [0.4, 0.5) is 0 Å². The predicted octanol–water partition coefficient (Wildman–Crippen LogP) is 3.65. The fraction of sp³-hybridized carbons (Fsp3) is 0.400. The van der Waals surface area contributed by atoms with E-state index in [0.717, 1.165) is 34.9 Å². The van der Waals surface area contributed by atoms with Crippen LogP contribution in [0, 0.1) is 5.92 Å². The van der Waals surface area contributed by atoms with Gasteiger partial charge in [-0.1, -0.05) is 37.6 Å². The molecule has 0 bridgehead atoms. The first-order valence-electron chi connectivity index (χ1n) is 6.60. The van der Waals surface area contributed by atoms with E-state index in [1.165, 1.54) is 0 Å². The molecule has 0 radical (unpaired) electrons. The van der Waals surface area contributed by atoms with Crippen molar-refractivity contribution in [2.75, 3.05) is 0 Å². The normalized spacial score (nSPS) is 12.9. The minimum atomic E-state index is 0.157. The van der Waals surface area contributed by atoms with Crippen molar-refractivity contribution in [3.05, 3.63) is 41.3 Å². The van der Waals surface area contributed by atoms with Crippen molar-refractivity contribution in [2.45, 2.75) is 32.7 Å². The highest BCUT2D eigenvalue weighted by molar-refractivity contribution is 6.30. The highest BCUT2D eigenvalue weighted by atomic mass is 35.5. The molecule has 0 aliphatic carbocycles. The van der Waals surface area contributed by atoms with Crippen LogP contribution in [-0.2, 0) is 6.42 Å². The fourth-order valence-electron chi connectivity index (χ4n) is 2.18. The van der Waals surface area contributed by atoms with E-state index in [0.29, 0.717) is 5.92 Å². The van der Waals surface area contributed by atoms with Gasteiger partial charge >= 0.3 is 0 Å². The largest absolute Gasteiger partial charge is 0.342 e. The zero-order chi connectivity index (χ0) is 13.8. The van der Waals surface area contributed by atoms with E-state index in [9.17, 15) is 0 Å². The van der Waals surface area contributed by atoms with Crippen molar-refractivity contribution in [1.82, 2.24) is 9.97 Å². The molecule has 0 unspecified atom stereocenters. The lowest BCUT2D eigenvalue weighted by molar-refractivity contribution is 0.488. The molecule has 0 aliphatic heterocycles. The topological polar surface area (TPSA) is 54.7 Å². The quantitative estimate of drug-likeness (QED) is 0.876. The molecule has 102 valence electrons. The molecule has 0 aliphatic rings. The lowest BCUT2D eigenvalue weighted by Gasteiger charge is -2.12. The van der Waals surface area contributed by atoms with Crippen LogP contribution < -0.4 is 5.73 Å². The molecule has 1 aromatic carbocycles. The zero-order valence-electron chi connectivity index (χ0n) is 11.4. The maximum absolute atomic E-state index is 6.10. The monoisotopic (exact) mass is 277 g/mol. The summed E-state index contributed by atoms with van der Waals surface area (Å²) in [6, 6.07) is 7.87. The number of aromatic amines is 1. The van der Waals surface area contributed by atoms with E-state index in [2.05, 4.69) is 23.8 Å². The van der Waals surface area contributed by atoms with E-state index in [1.807, 2.05) is 30.5 Å². The summed E-state index contributed by atoms with van der Waals surface area (Å²) >= 11 is 5.88. The number of nitrogens with one attached hydrogen (secondary N) is 1. The van der Waals surface area contributed by atoms with Crippen molar-refractivity contribution in [2.24, 2.45) is 11.7 Å². The standard InChI is InChI=1S/C15H20ClN3/c1-10(2)7-13(17)8-15-18-9-14(19-15)11-3-5-12(16)6-4-11/h3-6,9-10,13H,7-8,17H2,1-2H3,(H,18,19)/t13-/m1/s1. The third kappa shape index (κ3) is 4.08. The number of imidazole rings is 1. The fourth-order valence-corrected chi connectivity index (χ4v) is 2.31. The Balaban J connectivity index is 2.04. The number of hydrogen-bond donors (Lipinski definition) is 2. The van der Waals surface area contributed by atoms with E-state index in [4.69, 9.17) is 17.3 Å². The number of halogens is 1. The molecule has 0 saturated heterocycles. The third-order valence-corrected chi connectivity index (χ3v) is 3.27. The summed E-state index contributed by atoms with van der Waals surface area (Å²) in [5.74, 6) is 1.55. The van der Waals surface area contributed by atoms with Gasteiger partial charge in [-0.15, -0.1) is 0 Å². The van der Waals surface area contributed by atoms with E-state index >= 15 is 0 Å². The van der Waals surface area contributed by atoms with Gasteiger partial charge in [-0.05, 0) is 30.0 Å². The van der Waals surface area contributed by atoms with Gasteiger partial charge in [0.25, 0.3) is 0 Å². The zero-order valence-corrected chi connectivity index (χ0v) is 12.1. The van der Waals surface area contributed by atoms with Crippen molar-refractivity contribution >= 4 is 11.6 Å². The van der Waals surface area contributed by atoms with Gasteiger partial charge in [0.1, 0.15) is 5.82 Å². The van der Waals surface area contributed by atoms with Crippen LogP contribution in [0.1, 0.15) is 26.1 Å². The molecular formula is C15H20ClN3. The smallest absolute Gasteiger partial charge is 0.108 e. The van der Waals surface area contributed by atoms with Crippen LogP contribution in [0.25, 0.3) is 11.3 Å². The summed E-state index contributed by atoms with van der Waals surface area (Å²) in [4.78, 5) is 7.71. The van der Waals surface area contributed by atoms with Crippen LogP contribution in [0.5, 0.6) is 0 Å². The molecule has 1 aromatic heterocycles. The minimum Gasteiger partial charge on any atom is -0.342 e. The number of rotatable bonds is 5. The first-order valence-corrected chi connectivity index (χ1v) is 6.98. The van der Waals surface area contributed by atoms with Crippen molar-refractivity contribution in [3.63, 3.8) is 0 Å². The maximum atomic E-state index is 6.10. The van der Waals surface area contributed by atoms with E-state index in [-0.39, 0.29) is 6.04 Å². The minimum absolute atomic E-state index is 0.157. The molecule has 0 fully saturated rings. The number of hydrogen-bond acceptors (Lipinski definition) is 2. The molecule has 0 amide bonds. The summed E-state index contributed by atoms with van der Waals surface area (Å²) in [7, 11) is 0. The molecule has 3 N–H and O–H groups in total. The van der Waals surface area contributed by atoms with Crippen LogP contribution in [0.2, 0.25) is 5.02 Å². The molecule has 3 nitrogen and oxygen atoms in total. The van der Waals surface area contributed by atoms with Gasteiger partial charge in [0.15, 0.2) is 0 Å². The lowest BCUT2D eigenvalue weighted by Crippen LogP contribution is -2.25. The van der Waals surface area contributed by atoms with Crippen LogP contribution in [0.15, 0.2) is 30.5 Å². The summed E-state index contributed by atoms with van der Waals surface area (Å²) in [6.07, 6.45) is 3.64. The average molecular weight is 278 g/mol. The van der Waals surface area contributed by atoms with Crippen LogP contribution in [0.3, 0.4) is 0 Å². The molecule has 19 heavy (non-hydrogen) atoms. The Morgan fingerprint density at radius 3 is 2.58 bits per heavy atom. The summed E-state index contributed by atoms with van der Waals surface area (Å²) in [5.41, 5.74) is 8.18. The van der Waals surface area contributed by atoms with Gasteiger partial charge in [0.05, 0.1) is 11.9 Å². The van der Waals surface area contributed by atoms with Gasteiger partial charge in [-0.3, -0.25) is 0 Å². The van der Waals surface area contributed by atoms with Crippen LogP contribution in [-0.4, -0.2) is 16.0 Å². The molecule has 2 rings (SSSR count). The first-order chi connectivity index (χ1) is 9.04. The van der Waals surface area contributed by atoms with Gasteiger partial charge < -0.3 is 10.7 Å². The third-order valence-electron chi connectivity index (χ3n) is 3.01. The Morgan fingerprint density at radius 2 is 1.95 bits per heavy atom. The summed E-state index contributed by atoms with van der Waals surface area (Å²) < 4.78 is 0. The number of nitrogens with zero attached hydrogens (tertiary/aromatic N) is 1. The molecule has 2 aromatic rings. The first kappa shape index (κ1) is 14.1. The van der Waals surface area contributed by atoms with Gasteiger partial charge in [-0.25, -0.2) is 4.98 Å². The van der Waals surface area contributed by atoms with Crippen molar-refractivity contribution in [1.29, 1.82) is 0 Å². The molecule has 0 spiro atoms. The van der Waals surface area contributed by atoms with Gasteiger partial charge in [0.2, 0.25) is 0 Å². The second-order valence-electron chi connectivity index (χ2n) is 5.34. The van der Waals surface area contributed by atoms with E-state index in [1.54, 1.807) is 0 Å². The molecule has 0 saturated carbocycles. The van der Waals surface area contributed by atoms with Crippen molar-refractivity contribution < 1.29 is 0 Å². The summed E-state index contributed by atoms with van der Waals surface area (Å²) in [5, 5.41) is 0.738. The molecule has 1 heterocycles. The predicted molar refractivity (Wildman–Crippen MR) is 80.2 cm³/mol. The Bertz CT molecular complexity index is 516. The average Bonchev–Trinajstić information content (AvgIpc) is 2.77. The maximum Gasteiger partial charge on any atom is 0.108 e.